The van der Waals surface area contributed by atoms with E-state index >= 15 is 0 Å². The van der Waals surface area contributed by atoms with Crippen molar-refractivity contribution >= 4 is 29.1 Å². The van der Waals surface area contributed by atoms with Crippen LogP contribution in [-0.2, 0) is 18.4 Å². The average molecular weight is 316 g/mol. The first-order chi connectivity index (χ1) is 11.1. The molecule has 8 nitrogen and oxygen atoms in total. The SMILES string of the molecule is C[n+]1c(CN=C2CCC(C=O)CC2)c[nH+]c2nc(N)[nH]c(=O)c21. The van der Waals surface area contributed by atoms with Crippen LogP contribution in [0.25, 0.3) is 11.2 Å². The monoisotopic (exact) mass is 316 g/mol. The number of anilines is 1. The predicted molar refractivity (Wildman–Crippen MR) is 83.7 cm³/mol. The Hall–Kier alpha value is -2.64. The molecule has 1 fully saturated rings. The number of nitrogens with zero attached hydrogens (tertiary/aromatic N) is 3. The third-order valence-electron chi connectivity index (χ3n) is 4.32. The molecule has 2 heterocycles. The fraction of sp³-hybridized carbons (Fsp3) is 0.467. The number of fused-ring (bicyclic) bond motifs is 1. The topological polar surface area (TPSA) is 119 Å². The van der Waals surface area contributed by atoms with Crippen LogP contribution in [0.15, 0.2) is 16.0 Å². The van der Waals surface area contributed by atoms with Crippen LogP contribution >= 0.6 is 0 Å². The van der Waals surface area contributed by atoms with Crippen molar-refractivity contribution in [2.45, 2.75) is 32.2 Å². The summed E-state index contributed by atoms with van der Waals surface area (Å²) in [5.41, 5.74) is 8.14. The fourth-order valence-electron chi connectivity index (χ4n) is 2.90. The normalized spacial score (nSPS) is 18.1. The van der Waals surface area contributed by atoms with Crippen molar-refractivity contribution < 1.29 is 14.3 Å². The van der Waals surface area contributed by atoms with Gasteiger partial charge in [0.05, 0.1) is 0 Å². The first kappa shape index (κ1) is 15.3. The maximum Gasteiger partial charge on any atom is 0.403 e. The minimum atomic E-state index is -0.285. The quantitative estimate of drug-likeness (QED) is 0.584. The second-order valence-electron chi connectivity index (χ2n) is 5.84. The summed E-state index contributed by atoms with van der Waals surface area (Å²) >= 11 is 0. The lowest BCUT2D eigenvalue weighted by atomic mass is 9.89. The standard InChI is InChI=1S/C15H18N6O2/c1-21-11(6-17-10-4-2-9(8-22)3-5-10)7-18-13-12(21)14(23)20-15(16)19-13/h7-9H,2-6H2,1H3,(H2-,16,18,19,20,23)/p+2. The summed E-state index contributed by atoms with van der Waals surface area (Å²) in [6.45, 7) is 0.480. The molecule has 0 spiro atoms. The van der Waals surface area contributed by atoms with Crippen molar-refractivity contribution in [2.24, 2.45) is 18.0 Å². The number of H-pyrrole nitrogens is 2. The predicted octanol–water partition coefficient (Wildman–Crippen LogP) is -0.526. The molecule has 4 N–H and O–H groups in total. The van der Waals surface area contributed by atoms with Crippen molar-refractivity contribution in [3.63, 3.8) is 0 Å². The Bertz CT molecular complexity index is 832. The lowest BCUT2D eigenvalue weighted by Crippen LogP contribution is -2.42. The van der Waals surface area contributed by atoms with Crippen LogP contribution in [0, 0.1) is 5.92 Å². The smallest absolute Gasteiger partial charge is 0.348 e. The molecule has 23 heavy (non-hydrogen) atoms. The van der Waals surface area contributed by atoms with Gasteiger partial charge in [-0.3, -0.25) is 14.8 Å². The van der Waals surface area contributed by atoms with Crippen LogP contribution in [0.1, 0.15) is 31.4 Å². The van der Waals surface area contributed by atoms with Gasteiger partial charge in [0.1, 0.15) is 19.9 Å². The maximum absolute atomic E-state index is 12.1. The number of aryl methyl sites for hydroxylation is 1. The second kappa shape index (κ2) is 6.23. The molecule has 2 aromatic rings. The number of aromatic nitrogens is 4. The zero-order valence-corrected chi connectivity index (χ0v) is 13.0. The van der Waals surface area contributed by atoms with Gasteiger partial charge in [0.2, 0.25) is 5.69 Å². The van der Waals surface area contributed by atoms with E-state index in [0.717, 1.165) is 43.4 Å². The van der Waals surface area contributed by atoms with Gasteiger partial charge in [-0.25, -0.2) is 4.98 Å². The Balaban J connectivity index is 1.85. The molecule has 0 bridgehead atoms. The number of nitrogen functional groups attached to an aromatic ring is 1. The molecule has 0 unspecified atom stereocenters. The number of nitrogens with one attached hydrogen (secondary N) is 2. The number of aldehydes is 1. The number of hydrogen-bond acceptors (Lipinski definition) is 5. The van der Waals surface area contributed by atoms with Crippen molar-refractivity contribution in [3.05, 3.63) is 22.2 Å². The van der Waals surface area contributed by atoms with E-state index in [1.54, 1.807) is 10.8 Å². The molecule has 0 aliphatic heterocycles. The Kier molecular flexibility index (Phi) is 4.14. The summed E-state index contributed by atoms with van der Waals surface area (Å²) in [5, 5.41) is 0. The highest BCUT2D eigenvalue weighted by Crippen LogP contribution is 2.20. The molecular formula is C15H20N6O2+2. The Morgan fingerprint density at radius 1 is 1.52 bits per heavy atom. The van der Waals surface area contributed by atoms with E-state index in [9.17, 15) is 9.59 Å². The van der Waals surface area contributed by atoms with Gasteiger partial charge in [-0.15, -0.1) is 0 Å². The highest BCUT2D eigenvalue weighted by Gasteiger charge is 2.24. The lowest BCUT2D eigenvalue weighted by molar-refractivity contribution is -0.661. The Morgan fingerprint density at radius 3 is 2.96 bits per heavy atom. The van der Waals surface area contributed by atoms with E-state index < -0.39 is 0 Å². The number of aliphatic imine (C=N–C) groups is 1. The van der Waals surface area contributed by atoms with E-state index in [1.807, 2.05) is 7.05 Å². The summed E-state index contributed by atoms with van der Waals surface area (Å²) in [7, 11) is 1.81. The van der Waals surface area contributed by atoms with Crippen LogP contribution < -0.4 is 20.8 Å². The van der Waals surface area contributed by atoms with Crippen molar-refractivity contribution in [1.29, 1.82) is 0 Å². The summed E-state index contributed by atoms with van der Waals surface area (Å²) in [6, 6.07) is 0. The van der Waals surface area contributed by atoms with E-state index in [2.05, 4.69) is 19.9 Å². The summed E-state index contributed by atoms with van der Waals surface area (Å²) in [6.07, 6.45) is 6.31. The van der Waals surface area contributed by atoms with Crippen LogP contribution in [0.2, 0.25) is 0 Å². The number of hydrogen-bond donors (Lipinski definition) is 2. The third kappa shape index (κ3) is 3.10. The molecule has 120 valence electrons. The summed E-state index contributed by atoms with van der Waals surface area (Å²) < 4.78 is 1.78. The maximum atomic E-state index is 12.1. The highest BCUT2D eigenvalue weighted by atomic mass is 16.1. The van der Waals surface area contributed by atoms with Crippen molar-refractivity contribution in [3.8, 4) is 0 Å². The number of carbonyl (C=O) groups excluding carboxylic acids is 1. The van der Waals surface area contributed by atoms with Crippen LogP contribution in [0.4, 0.5) is 5.95 Å². The molecule has 1 aliphatic rings. The van der Waals surface area contributed by atoms with Gasteiger partial charge in [0.25, 0.3) is 0 Å². The highest BCUT2D eigenvalue weighted by molar-refractivity contribution is 5.85. The zero-order chi connectivity index (χ0) is 16.4. The van der Waals surface area contributed by atoms with E-state index in [-0.39, 0.29) is 17.4 Å². The molecular weight excluding hydrogens is 296 g/mol. The first-order valence-electron chi connectivity index (χ1n) is 7.65. The molecule has 8 heteroatoms. The van der Waals surface area contributed by atoms with Gasteiger partial charge in [-0.05, 0) is 25.7 Å². The number of aromatic amines is 2. The molecule has 3 rings (SSSR count). The Morgan fingerprint density at radius 2 is 2.26 bits per heavy atom. The second-order valence-corrected chi connectivity index (χ2v) is 5.84. The van der Waals surface area contributed by atoms with Gasteiger partial charge >= 0.3 is 22.7 Å². The minimum Gasteiger partial charge on any atom is -0.348 e. The molecule has 1 aliphatic carbocycles. The fourth-order valence-corrected chi connectivity index (χ4v) is 2.90. The van der Waals surface area contributed by atoms with Gasteiger partial charge < -0.3 is 10.5 Å². The van der Waals surface area contributed by atoms with Crippen LogP contribution in [0.5, 0.6) is 0 Å². The van der Waals surface area contributed by atoms with Crippen LogP contribution in [0.3, 0.4) is 0 Å². The van der Waals surface area contributed by atoms with Gasteiger partial charge in [-0.2, -0.15) is 4.57 Å². The molecule has 0 aromatic carbocycles. The number of rotatable bonds is 3. The van der Waals surface area contributed by atoms with Gasteiger partial charge in [0, 0.05) is 16.6 Å². The van der Waals surface area contributed by atoms with E-state index in [4.69, 9.17) is 5.73 Å². The molecule has 1 saturated carbocycles. The largest absolute Gasteiger partial charge is 0.403 e. The van der Waals surface area contributed by atoms with Crippen LogP contribution in [-0.4, -0.2) is 22.0 Å². The average Bonchev–Trinajstić information content (AvgIpc) is 2.54. The van der Waals surface area contributed by atoms with Gasteiger partial charge in [-0.1, -0.05) is 0 Å². The van der Waals surface area contributed by atoms with Crippen molar-refractivity contribution in [2.75, 3.05) is 5.73 Å². The molecule has 2 aromatic heterocycles. The van der Waals surface area contributed by atoms with Crippen molar-refractivity contribution in [1.82, 2.24) is 9.97 Å². The van der Waals surface area contributed by atoms with E-state index in [0.29, 0.717) is 17.7 Å². The lowest BCUT2D eigenvalue weighted by Gasteiger charge is -2.17. The molecule has 0 amide bonds. The van der Waals surface area contributed by atoms with Gasteiger partial charge in [0.15, 0.2) is 6.20 Å². The number of nitrogens with two attached hydrogens (primary N) is 1. The first-order valence-corrected chi connectivity index (χ1v) is 7.65. The summed E-state index contributed by atoms with van der Waals surface area (Å²) in [5.74, 6) is 0.257. The zero-order valence-electron chi connectivity index (χ0n) is 13.0. The molecule has 0 radical (unpaired) electrons. The molecule has 0 atom stereocenters. The Labute approximate surface area is 132 Å². The molecule has 0 saturated heterocycles. The third-order valence-corrected chi connectivity index (χ3v) is 4.32. The minimum absolute atomic E-state index is 0.0821. The number of carbonyl (C=O) groups is 1. The summed E-state index contributed by atoms with van der Waals surface area (Å²) in [4.78, 5) is 37.1. The van der Waals surface area contributed by atoms with E-state index in [1.165, 1.54) is 0 Å².